The molecule has 0 aliphatic carbocycles. The van der Waals surface area contributed by atoms with Crippen molar-refractivity contribution in [1.29, 1.82) is 0 Å². The zero-order valence-corrected chi connectivity index (χ0v) is 35.0. The van der Waals surface area contributed by atoms with Gasteiger partial charge in [0, 0.05) is 0 Å². The molecule has 0 heterocycles. The Morgan fingerprint density at radius 3 is 1.11 bits per heavy atom. The second kappa shape index (κ2) is 13.0. The Bertz CT molecular complexity index is 1220. The van der Waals surface area contributed by atoms with Crippen LogP contribution in [0.1, 0.15) is 195 Å². The maximum Gasteiger partial charge on any atom is -0.00520 e. The van der Waals surface area contributed by atoms with Crippen molar-refractivity contribution in [1.82, 2.24) is 0 Å². The summed E-state index contributed by atoms with van der Waals surface area (Å²) in [5.74, 6) is 0. The second-order valence-corrected chi connectivity index (χ2v) is 21.1. The number of rotatable bonds is 13. The van der Waals surface area contributed by atoms with Gasteiger partial charge < -0.3 is 0 Å². The van der Waals surface area contributed by atoms with Crippen LogP contribution in [0, 0.1) is 32.5 Å². The van der Waals surface area contributed by atoms with E-state index in [1.54, 1.807) is 0 Å². The van der Waals surface area contributed by atoms with Crippen molar-refractivity contribution in [2.75, 3.05) is 0 Å². The topological polar surface area (TPSA) is 0 Å². The van der Waals surface area contributed by atoms with Crippen LogP contribution < -0.4 is 0 Å². The van der Waals surface area contributed by atoms with Gasteiger partial charge in [-0.3, -0.25) is 0 Å². The van der Waals surface area contributed by atoms with E-state index in [-0.39, 0.29) is 48.7 Å². The molecule has 0 nitrogen and oxygen atoms in total. The van der Waals surface area contributed by atoms with Crippen LogP contribution in [0.4, 0.5) is 0 Å². The molecule has 0 aromatic heterocycles. The molecule has 1 rings (SSSR count). The normalized spacial score (nSPS) is 15.9. The maximum absolute atomic E-state index is 2.61. The highest BCUT2D eigenvalue weighted by molar-refractivity contribution is 5.42. The van der Waals surface area contributed by atoms with E-state index in [0.29, 0.717) is 0 Å². The van der Waals surface area contributed by atoms with Gasteiger partial charge in [0.05, 0.1) is 0 Å². The highest BCUT2D eigenvalue weighted by atomic mass is 14.5. The Hall–Kier alpha value is -1.30. The predicted molar refractivity (Wildman–Crippen MR) is 207 cm³/mol. The molecular weight excluding hydrogens is 540 g/mol. The third kappa shape index (κ3) is 8.79. The fourth-order valence-electron chi connectivity index (χ4n) is 7.98. The van der Waals surface area contributed by atoms with Crippen molar-refractivity contribution in [2.24, 2.45) is 32.5 Å². The third-order valence-electron chi connectivity index (χ3n) is 13.7. The van der Waals surface area contributed by atoms with Crippen LogP contribution in [-0.4, -0.2) is 0 Å². The summed E-state index contributed by atoms with van der Waals surface area (Å²) in [7, 11) is 0. The number of hydrogen-bond acceptors (Lipinski definition) is 0. The van der Waals surface area contributed by atoms with Gasteiger partial charge in [-0.25, -0.2) is 0 Å². The smallest absolute Gasteiger partial charge is 0.00520 e. The lowest BCUT2D eigenvalue weighted by atomic mass is 9.52. The highest BCUT2D eigenvalue weighted by Gasteiger charge is 2.49. The van der Waals surface area contributed by atoms with Gasteiger partial charge in [0.25, 0.3) is 0 Å². The van der Waals surface area contributed by atoms with Gasteiger partial charge >= 0.3 is 0 Å². The summed E-state index contributed by atoms with van der Waals surface area (Å²) >= 11 is 0. The molecule has 260 valence electrons. The first-order valence-corrected chi connectivity index (χ1v) is 18.1. The molecule has 0 bridgehead atoms. The summed E-state index contributed by atoms with van der Waals surface area (Å²) in [6.07, 6.45) is 8.47. The number of benzene rings is 1. The monoisotopic (exact) mass is 621 g/mol. The van der Waals surface area contributed by atoms with E-state index in [2.05, 4.69) is 190 Å². The van der Waals surface area contributed by atoms with Crippen LogP contribution in [0.25, 0.3) is 0 Å². The zero-order chi connectivity index (χ0) is 36.0. The summed E-state index contributed by atoms with van der Waals surface area (Å²) in [6.45, 7) is 55.9. The van der Waals surface area contributed by atoms with Gasteiger partial charge in [-0.2, -0.15) is 0 Å². The fourth-order valence-corrected chi connectivity index (χ4v) is 7.98. The minimum absolute atomic E-state index is 0.0228. The van der Waals surface area contributed by atoms with Crippen LogP contribution in [0.5, 0.6) is 0 Å². The van der Waals surface area contributed by atoms with Crippen LogP contribution in [-0.2, 0) is 16.2 Å². The fraction of sp³-hybridized carbons (Fsp3) is 0.778. The van der Waals surface area contributed by atoms with E-state index >= 15 is 0 Å². The lowest BCUT2D eigenvalue weighted by molar-refractivity contribution is 0.0365. The van der Waals surface area contributed by atoms with E-state index in [1.807, 2.05) is 0 Å². The molecule has 45 heavy (non-hydrogen) atoms. The number of hydrogen-bond donors (Lipinski definition) is 0. The summed E-state index contributed by atoms with van der Waals surface area (Å²) < 4.78 is 0. The molecule has 0 aliphatic rings. The van der Waals surface area contributed by atoms with Crippen LogP contribution >= 0.6 is 0 Å². The molecule has 0 heteroatoms. The maximum atomic E-state index is 2.61. The molecule has 0 saturated carbocycles. The average Bonchev–Trinajstić information content (AvgIpc) is 2.80. The van der Waals surface area contributed by atoms with Crippen molar-refractivity contribution >= 4 is 0 Å². The minimum atomic E-state index is -0.0230. The van der Waals surface area contributed by atoms with Gasteiger partial charge in [0.2, 0.25) is 0 Å². The first-order chi connectivity index (χ1) is 19.6. The molecule has 0 saturated heterocycles. The van der Waals surface area contributed by atoms with E-state index in [9.17, 15) is 0 Å². The summed E-state index contributed by atoms with van der Waals surface area (Å²) in [5, 5.41) is 0. The van der Waals surface area contributed by atoms with Crippen molar-refractivity contribution < 1.29 is 0 Å². The molecule has 1 atom stereocenters. The average molecular weight is 621 g/mol. The molecule has 0 amide bonds. The van der Waals surface area contributed by atoms with Crippen molar-refractivity contribution in [2.45, 2.75) is 195 Å². The Morgan fingerprint density at radius 2 is 0.800 bits per heavy atom. The van der Waals surface area contributed by atoms with Gasteiger partial charge in [-0.15, -0.1) is 0 Å². The minimum Gasteiger partial charge on any atom is -0.0799 e. The van der Waals surface area contributed by atoms with E-state index < -0.39 is 0 Å². The molecule has 1 aromatic rings. The zero-order valence-electron chi connectivity index (χ0n) is 35.0. The van der Waals surface area contributed by atoms with Gasteiger partial charge in [-0.1, -0.05) is 173 Å². The number of allylic oxidation sites excluding steroid dienone is 4. The molecule has 1 unspecified atom stereocenters. The largest absolute Gasteiger partial charge is 0.0799 e. The van der Waals surface area contributed by atoms with Gasteiger partial charge in [0.15, 0.2) is 0 Å². The highest BCUT2D eigenvalue weighted by Crippen LogP contribution is 2.57. The van der Waals surface area contributed by atoms with Crippen molar-refractivity contribution in [3.8, 4) is 0 Å². The van der Waals surface area contributed by atoms with Crippen LogP contribution in [0.3, 0.4) is 0 Å². The Morgan fingerprint density at radius 1 is 0.467 bits per heavy atom. The summed E-state index contributed by atoms with van der Waals surface area (Å²) in [5.41, 5.74) is 7.96. The SMILES string of the molecule is CCC(C)(C=C(C)C)C(C)(C)CC(C)(C)C(C)(C)c1cc(C(C)(C)C)cc(C(C)(C)C(C)(C)CC(C)(C)C(C)(C)C=C(C)C)c1. The molecule has 0 radical (unpaired) electrons. The molecule has 0 fully saturated rings. The molecule has 0 aliphatic heterocycles. The third-order valence-corrected chi connectivity index (χ3v) is 13.7. The van der Waals surface area contributed by atoms with Crippen molar-refractivity contribution in [3.05, 3.63) is 58.2 Å². The predicted octanol–water partition coefficient (Wildman–Crippen LogP) is 14.8. The quantitative estimate of drug-likeness (QED) is 0.192. The first kappa shape index (κ1) is 41.7. The second-order valence-electron chi connectivity index (χ2n) is 21.1. The molecule has 0 N–H and O–H groups in total. The van der Waals surface area contributed by atoms with Gasteiger partial charge in [0.1, 0.15) is 0 Å². The van der Waals surface area contributed by atoms with Crippen LogP contribution in [0.2, 0.25) is 0 Å². The Balaban J connectivity index is 3.88. The van der Waals surface area contributed by atoms with Crippen molar-refractivity contribution in [3.63, 3.8) is 0 Å². The Kier molecular flexibility index (Phi) is 12.0. The molecular formula is C45H80. The Labute approximate surface area is 284 Å². The lowest BCUT2D eigenvalue weighted by Crippen LogP contribution is -2.45. The lowest BCUT2D eigenvalue weighted by Gasteiger charge is -2.53. The summed E-state index contributed by atoms with van der Waals surface area (Å²) in [4.78, 5) is 0. The summed E-state index contributed by atoms with van der Waals surface area (Å²) in [6, 6.07) is 7.71. The standard InChI is InChI=1S/C45H80/c1-24-45(23,29-33(4)5)42(17,18)31-41(15,16)44(21,22)36-26-34(37(6,7)8)25-35(27-36)43(19,20)40(13,14)30-39(11,12)38(9,10)28-32(2)3/h25-29H,24,30-31H2,1-23H3. The van der Waals surface area contributed by atoms with Crippen LogP contribution in [0.15, 0.2) is 41.5 Å². The van der Waals surface area contributed by atoms with E-state index in [4.69, 9.17) is 0 Å². The molecule has 1 aromatic carbocycles. The molecule has 0 spiro atoms. The first-order valence-electron chi connectivity index (χ1n) is 18.1. The van der Waals surface area contributed by atoms with E-state index in [1.165, 1.54) is 27.8 Å². The van der Waals surface area contributed by atoms with Gasteiger partial charge in [-0.05, 0) is 112 Å². The van der Waals surface area contributed by atoms with E-state index in [0.717, 1.165) is 19.3 Å².